The van der Waals surface area contributed by atoms with Gasteiger partial charge in [0.25, 0.3) is 0 Å². The van der Waals surface area contributed by atoms with Crippen LogP contribution in [0, 0.1) is 5.92 Å². The summed E-state index contributed by atoms with van der Waals surface area (Å²) in [5, 5.41) is 13.6. The Hall–Kier alpha value is -2.90. The third-order valence-electron chi connectivity index (χ3n) is 5.09. The lowest BCUT2D eigenvalue weighted by molar-refractivity contribution is -0.137. The van der Waals surface area contributed by atoms with Crippen molar-refractivity contribution in [1.29, 1.82) is 0 Å². The van der Waals surface area contributed by atoms with Gasteiger partial charge in [-0.3, -0.25) is 9.59 Å². The minimum atomic E-state index is -1.17. The van der Waals surface area contributed by atoms with E-state index in [1.165, 1.54) is 4.90 Å². The lowest BCUT2D eigenvalue weighted by atomic mass is 9.94. The standard InChI is InChI=1S/C20H27N3O5/c1-3-6-16(12-24)23(2)19(27)18(22-20(28)21-11-17(25)26)15-9-13-7-4-5-8-14(13)10-15/h4-5,7-8,12,15-16,18H,3,6,9-11H2,1-2H3,(H,25,26)(H2,21,22,28). The van der Waals surface area contributed by atoms with E-state index in [2.05, 4.69) is 10.6 Å². The van der Waals surface area contributed by atoms with Crippen molar-refractivity contribution in [3.63, 3.8) is 0 Å². The molecule has 0 spiro atoms. The SMILES string of the molecule is CCCC(C=O)N(C)C(=O)C(NC(=O)NCC(=O)O)C1Cc2ccccc2C1. The first-order valence-corrected chi connectivity index (χ1v) is 9.42. The average Bonchev–Trinajstić information content (AvgIpc) is 3.11. The Kier molecular flexibility index (Phi) is 7.54. The first-order chi connectivity index (χ1) is 13.4. The molecule has 8 nitrogen and oxygen atoms in total. The van der Waals surface area contributed by atoms with Crippen LogP contribution in [-0.2, 0) is 27.2 Å². The molecule has 0 bridgehead atoms. The number of fused-ring (bicyclic) bond motifs is 1. The maximum Gasteiger partial charge on any atom is 0.323 e. The lowest BCUT2D eigenvalue weighted by Crippen LogP contribution is -2.56. The summed E-state index contributed by atoms with van der Waals surface area (Å²) in [5.74, 6) is -1.70. The molecule has 152 valence electrons. The Morgan fingerprint density at radius 2 is 1.86 bits per heavy atom. The summed E-state index contributed by atoms with van der Waals surface area (Å²) >= 11 is 0. The van der Waals surface area contributed by atoms with Crippen LogP contribution in [0.2, 0.25) is 0 Å². The number of carboxylic acids is 1. The van der Waals surface area contributed by atoms with Crippen LogP contribution in [0.4, 0.5) is 4.79 Å². The van der Waals surface area contributed by atoms with Crippen molar-refractivity contribution in [2.75, 3.05) is 13.6 Å². The molecule has 1 aliphatic carbocycles. The largest absolute Gasteiger partial charge is 0.480 e. The lowest BCUT2D eigenvalue weighted by Gasteiger charge is -2.31. The van der Waals surface area contributed by atoms with Crippen molar-refractivity contribution < 1.29 is 24.3 Å². The molecule has 2 unspecified atom stereocenters. The van der Waals surface area contributed by atoms with Gasteiger partial charge in [0, 0.05) is 7.05 Å². The van der Waals surface area contributed by atoms with E-state index < -0.39 is 30.6 Å². The predicted octanol–water partition coefficient (Wildman–Crippen LogP) is 0.980. The van der Waals surface area contributed by atoms with Gasteiger partial charge >= 0.3 is 12.0 Å². The van der Waals surface area contributed by atoms with Crippen LogP contribution in [0.15, 0.2) is 24.3 Å². The molecule has 1 aromatic carbocycles. The van der Waals surface area contributed by atoms with Gasteiger partial charge in [-0.15, -0.1) is 0 Å². The summed E-state index contributed by atoms with van der Waals surface area (Å²) in [6.07, 6.45) is 3.27. The minimum absolute atomic E-state index is 0.170. The monoisotopic (exact) mass is 389 g/mol. The second-order valence-electron chi connectivity index (χ2n) is 7.08. The number of aldehydes is 1. The summed E-state index contributed by atoms with van der Waals surface area (Å²) in [6.45, 7) is 1.39. The fraction of sp³-hybridized carbons (Fsp3) is 0.500. The number of rotatable bonds is 9. The fourth-order valence-corrected chi connectivity index (χ4v) is 3.59. The zero-order valence-electron chi connectivity index (χ0n) is 16.2. The normalized spacial score (nSPS) is 15.2. The number of nitrogens with zero attached hydrogens (tertiary/aromatic N) is 1. The van der Waals surface area contributed by atoms with E-state index in [0.29, 0.717) is 19.3 Å². The number of amides is 3. The van der Waals surface area contributed by atoms with E-state index in [4.69, 9.17) is 5.11 Å². The van der Waals surface area contributed by atoms with Crippen LogP contribution < -0.4 is 10.6 Å². The first kappa shape index (κ1) is 21.4. The van der Waals surface area contributed by atoms with Crippen molar-refractivity contribution in [3.8, 4) is 0 Å². The van der Waals surface area contributed by atoms with E-state index in [1.807, 2.05) is 31.2 Å². The van der Waals surface area contributed by atoms with Gasteiger partial charge in [-0.05, 0) is 36.3 Å². The molecule has 2 rings (SSSR count). The van der Waals surface area contributed by atoms with E-state index in [0.717, 1.165) is 23.8 Å². The molecule has 2 atom stereocenters. The van der Waals surface area contributed by atoms with E-state index >= 15 is 0 Å². The topological polar surface area (TPSA) is 116 Å². The molecule has 0 radical (unpaired) electrons. The molecule has 1 aliphatic rings. The fourth-order valence-electron chi connectivity index (χ4n) is 3.59. The van der Waals surface area contributed by atoms with Crippen LogP contribution in [0.3, 0.4) is 0 Å². The summed E-state index contributed by atoms with van der Waals surface area (Å²) in [4.78, 5) is 48.8. The second kappa shape index (κ2) is 9.87. The van der Waals surface area contributed by atoms with E-state index in [1.54, 1.807) is 7.05 Å². The molecule has 3 N–H and O–H groups in total. The highest BCUT2D eigenvalue weighted by Gasteiger charge is 2.37. The van der Waals surface area contributed by atoms with E-state index in [9.17, 15) is 19.2 Å². The van der Waals surface area contributed by atoms with Gasteiger partial charge in [0.15, 0.2) is 0 Å². The van der Waals surface area contributed by atoms with E-state index in [-0.39, 0.29) is 11.8 Å². The summed E-state index contributed by atoms with van der Waals surface area (Å²) in [6, 6.07) is 5.72. The quantitative estimate of drug-likeness (QED) is 0.545. The number of carbonyl (C=O) groups excluding carboxylic acids is 3. The highest BCUT2D eigenvalue weighted by Crippen LogP contribution is 2.29. The maximum absolute atomic E-state index is 13.1. The highest BCUT2D eigenvalue weighted by atomic mass is 16.4. The maximum atomic E-state index is 13.1. The average molecular weight is 389 g/mol. The smallest absolute Gasteiger partial charge is 0.323 e. The highest BCUT2D eigenvalue weighted by molar-refractivity contribution is 5.89. The molecule has 0 fully saturated rings. The van der Waals surface area contributed by atoms with Crippen LogP contribution >= 0.6 is 0 Å². The Morgan fingerprint density at radius 1 is 1.25 bits per heavy atom. The Labute approximate surface area is 164 Å². The minimum Gasteiger partial charge on any atom is -0.480 e. The van der Waals surface area contributed by atoms with Crippen molar-refractivity contribution in [1.82, 2.24) is 15.5 Å². The zero-order valence-corrected chi connectivity index (χ0v) is 16.2. The van der Waals surface area contributed by atoms with Gasteiger partial charge in [-0.1, -0.05) is 37.6 Å². The van der Waals surface area contributed by atoms with Gasteiger partial charge in [0.05, 0.1) is 6.04 Å². The third-order valence-corrected chi connectivity index (χ3v) is 5.09. The molecule has 28 heavy (non-hydrogen) atoms. The van der Waals surface area contributed by atoms with Gasteiger partial charge in [-0.2, -0.15) is 0 Å². The number of aliphatic carboxylic acids is 1. The Morgan fingerprint density at radius 3 is 2.36 bits per heavy atom. The molecule has 0 heterocycles. The van der Waals surface area contributed by atoms with Crippen molar-refractivity contribution in [3.05, 3.63) is 35.4 Å². The molecule has 3 amide bonds. The van der Waals surface area contributed by atoms with Gasteiger partial charge in [0.2, 0.25) is 5.91 Å². The molecule has 0 saturated heterocycles. The molecular formula is C20H27N3O5. The Balaban J connectivity index is 2.18. The molecule has 1 aromatic rings. The third kappa shape index (κ3) is 5.31. The van der Waals surface area contributed by atoms with Crippen LogP contribution in [-0.4, -0.2) is 59.9 Å². The molecule has 0 saturated carbocycles. The van der Waals surface area contributed by atoms with Crippen molar-refractivity contribution >= 4 is 24.2 Å². The summed E-state index contributed by atoms with van der Waals surface area (Å²) < 4.78 is 0. The number of hydrogen-bond acceptors (Lipinski definition) is 4. The number of carboxylic acid groups (broad SMARTS) is 1. The van der Waals surface area contributed by atoms with Crippen molar-refractivity contribution in [2.24, 2.45) is 5.92 Å². The molecule has 0 aliphatic heterocycles. The number of hydrogen-bond donors (Lipinski definition) is 3. The van der Waals surface area contributed by atoms with Crippen LogP contribution in [0.1, 0.15) is 30.9 Å². The second-order valence-corrected chi connectivity index (χ2v) is 7.08. The summed E-state index contributed by atoms with van der Waals surface area (Å²) in [5.41, 5.74) is 2.25. The first-order valence-electron chi connectivity index (χ1n) is 9.42. The van der Waals surface area contributed by atoms with Crippen LogP contribution in [0.5, 0.6) is 0 Å². The zero-order chi connectivity index (χ0) is 20.7. The molecular weight excluding hydrogens is 362 g/mol. The molecule has 0 aromatic heterocycles. The summed E-state index contributed by atoms with van der Waals surface area (Å²) in [7, 11) is 1.56. The Bertz CT molecular complexity index is 711. The number of nitrogens with one attached hydrogen (secondary N) is 2. The number of benzene rings is 1. The van der Waals surface area contributed by atoms with Crippen LogP contribution in [0.25, 0.3) is 0 Å². The van der Waals surface area contributed by atoms with Gasteiger partial charge < -0.3 is 25.4 Å². The number of likely N-dealkylation sites (N-methyl/N-ethyl adjacent to an activating group) is 1. The van der Waals surface area contributed by atoms with Crippen molar-refractivity contribution in [2.45, 2.75) is 44.7 Å². The van der Waals surface area contributed by atoms with Gasteiger partial charge in [-0.25, -0.2) is 4.79 Å². The number of urea groups is 1. The number of carbonyl (C=O) groups is 4. The molecule has 8 heteroatoms. The van der Waals surface area contributed by atoms with Gasteiger partial charge in [0.1, 0.15) is 18.9 Å². The predicted molar refractivity (Wildman–Crippen MR) is 103 cm³/mol.